The molecule has 1 aromatic carbocycles. The first kappa shape index (κ1) is 11.3. The molecule has 0 spiro atoms. The molecule has 0 fully saturated rings. The Kier molecular flexibility index (Phi) is 4.21. The number of Topliss-reactive ketones (excluding diaryl/α,β-unsaturated/α-hetero) is 1. The number of hydrogen-bond acceptors (Lipinski definition) is 2. The van der Waals surface area contributed by atoms with Crippen molar-refractivity contribution in [2.45, 2.75) is 31.6 Å². The lowest BCUT2D eigenvalue weighted by atomic mass is 10.1. The molecule has 2 heteroatoms. The van der Waals surface area contributed by atoms with Crippen LogP contribution in [-0.2, 0) is 17.6 Å². The lowest BCUT2D eigenvalue weighted by Crippen LogP contribution is -1.98. The number of carbonyl (C=O) groups excluding carboxylic acids is 1. The van der Waals surface area contributed by atoms with Crippen molar-refractivity contribution >= 4 is 17.5 Å². The van der Waals surface area contributed by atoms with Gasteiger partial charge in [-0.25, -0.2) is 0 Å². The Morgan fingerprint density at radius 1 is 1.43 bits per heavy atom. The Hall–Kier alpha value is -0.760. The van der Waals surface area contributed by atoms with E-state index in [-0.39, 0.29) is 5.78 Å². The zero-order valence-corrected chi connectivity index (χ0v) is 9.78. The number of thioether (sulfide) groups is 1. The topological polar surface area (TPSA) is 17.1 Å². The summed E-state index contributed by atoms with van der Waals surface area (Å²) in [5.74, 6) is 0.226. The molecular weight excluding hydrogens is 192 g/mol. The van der Waals surface area contributed by atoms with E-state index < -0.39 is 0 Å². The van der Waals surface area contributed by atoms with Crippen LogP contribution in [0.4, 0.5) is 0 Å². The molecule has 0 radical (unpaired) electrons. The van der Waals surface area contributed by atoms with E-state index in [2.05, 4.69) is 31.4 Å². The maximum Gasteiger partial charge on any atom is 0.134 e. The first-order chi connectivity index (χ1) is 6.67. The number of benzene rings is 1. The summed E-state index contributed by atoms with van der Waals surface area (Å²) in [5.41, 5.74) is 2.49. The highest BCUT2D eigenvalue weighted by Gasteiger charge is 2.04. The summed E-state index contributed by atoms with van der Waals surface area (Å²) < 4.78 is 0. The van der Waals surface area contributed by atoms with Gasteiger partial charge in [-0.2, -0.15) is 0 Å². The molecule has 0 bridgehead atoms. The van der Waals surface area contributed by atoms with E-state index in [1.165, 1.54) is 10.5 Å². The predicted octanol–water partition coefficient (Wildman–Crippen LogP) is 3.10. The molecule has 1 rings (SSSR count). The van der Waals surface area contributed by atoms with Crippen LogP contribution in [0.2, 0.25) is 0 Å². The summed E-state index contributed by atoms with van der Waals surface area (Å²) in [7, 11) is 0. The molecular formula is C12H16OS. The molecule has 0 saturated carbocycles. The zero-order chi connectivity index (χ0) is 10.6. The van der Waals surface area contributed by atoms with Gasteiger partial charge in [-0.1, -0.05) is 19.1 Å². The third kappa shape index (κ3) is 2.88. The van der Waals surface area contributed by atoms with Gasteiger partial charge in [0, 0.05) is 11.3 Å². The first-order valence-electron chi connectivity index (χ1n) is 4.82. The summed E-state index contributed by atoms with van der Waals surface area (Å²) in [4.78, 5) is 12.3. The Bertz CT molecular complexity index is 331. The number of hydrogen-bond donors (Lipinski definition) is 0. The average molecular weight is 208 g/mol. The summed E-state index contributed by atoms with van der Waals surface area (Å²) >= 11 is 1.71. The van der Waals surface area contributed by atoms with Crippen molar-refractivity contribution in [1.29, 1.82) is 0 Å². The molecule has 0 saturated heterocycles. The predicted molar refractivity (Wildman–Crippen MR) is 62.0 cm³/mol. The molecule has 0 aromatic heterocycles. The highest BCUT2D eigenvalue weighted by molar-refractivity contribution is 7.98. The number of rotatable bonds is 4. The summed E-state index contributed by atoms with van der Waals surface area (Å²) in [6.45, 7) is 3.78. The number of aryl methyl sites for hydroxylation is 1. The lowest BCUT2D eigenvalue weighted by Gasteiger charge is -2.07. The second-order valence-corrected chi connectivity index (χ2v) is 4.23. The van der Waals surface area contributed by atoms with E-state index >= 15 is 0 Å². The van der Waals surface area contributed by atoms with E-state index in [4.69, 9.17) is 0 Å². The van der Waals surface area contributed by atoms with Gasteiger partial charge in [0.25, 0.3) is 0 Å². The van der Waals surface area contributed by atoms with Crippen LogP contribution in [-0.4, -0.2) is 12.0 Å². The fraction of sp³-hybridized carbons (Fsp3) is 0.417. The molecule has 0 unspecified atom stereocenters. The average Bonchev–Trinajstić information content (AvgIpc) is 2.17. The van der Waals surface area contributed by atoms with E-state index in [0.29, 0.717) is 6.42 Å². The Morgan fingerprint density at radius 3 is 2.64 bits per heavy atom. The van der Waals surface area contributed by atoms with Crippen molar-refractivity contribution in [3.8, 4) is 0 Å². The third-order valence-electron chi connectivity index (χ3n) is 2.20. The Labute approximate surface area is 89.9 Å². The molecule has 1 aromatic rings. The fourth-order valence-corrected chi connectivity index (χ4v) is 2.09. The van der Waals surface area contributed by atoms with E-state index in [1.54, 1.807) is 18.7 Å². The Balaban J connectivity index is 2.98. The number of ketones is 1. The maximum absolute atomic E-state index is 11.0. The summed E-state index contributed by atoms with van der Waals surface area (Å²) in [6.07, 6.45) is 3.66. The molecule has 1 nitrogen and oxygen atoms in total. The van der Waals surface area contributed by atoms with Crippen LogP contribution in [0.25, 0.3) is 0 Å². The van der Waals surface area contributed by atoms with Gasteiger partial charge >= 0.3 is 0 Å². The van der Waals surface area contributed by atoms with Gasteiger partial charge in [-0.3, -0.25) is 4.79 Å². The monoisotopic (exact) mass is 208 g/mol. The SMILES string of the molecule is CCc1ccc(CC(C)=O)c(SC)c1. The minimum absolute atomic E-state index is 0.226. The van der Waals surface area contributed by atoms with Crippen molar-refractivity contribution in [3.63, 3.8) is 0 Å². The standard InChI is InChI=1S/C12H16OS/c1-4-10-5-6-11(7-9(2)13)12(8-10)14-3/h5-6,8H,4,7H2,1-3H3. The van der Waals surface area contributed by atoms with Gasteiger partial charge < -0.3 is 0 Å². The molecule has 0 N–H and O–H groups in total. The van der Waals surface area contributed by atoms with Gasteiger partial charge in [-0.15, -0.1) is 11.8 Å². The molecule has 14 heavy (non-hydrogen) atoms. The largest absolute Gasteiger partial charge is 0.300 e. The van der Waals surface area contributed by atoms with Crippen LogP contribution in [0.5, 0.6) is 0 Å². The van der Waals surface area contributed by atoms with Gasteiger partial charge in [0.1, 0.15) is 5.78 Å². The Morgan fingerprint density at radius 2 is 2.14 bits per heavy atom. The molecule has 0 atom stereocenters. The maximum atomic E-state index is 11.0. The highest BCUT2D eigenvalue weighted by Crippen LogP contribution is 2.22. The van der Waals surface area contributed by atoms with Gasteiger partial charge in [0.05, 0.1) is 0 Å². The number of carbonyl (C=O) groups is 1. The minimum Gasteiger partial charge on any atom is -0.300 e. The zero-order valence-electron chi connectivity index (χ0n) is 8.96. The summed E-state index contributed by atoms with van der Waals surface area (Å²) in [6, 6.07) is 6.37. The van der Waals surface area contributed by atoms with Gasteiger partial charge in [0.2, 0.25) is 0 Å². The van der Waals surface area contributed by atoms with Gasteiger partial charge in [0.15, 0.2) is 0 Å². The van der Waals surface area contributed by atoms with Crippen LogP contribution >= 0.6 is 11.8 Å². The highest BCUT2D eigenvalue weighted by atomic mass is 32.2. The van der Waals surface area contributed by atoms with Crippen LogP contribution in [0, 0.1) is 0 Å². The normalized spacial score (nSPS) is 10.2. The minimum atomic E-state index is 0.226. The van der Waals surface area contributed by atoms with Crippen molar-refractivity contribution in [2.75, 3.05) is 6.26 Å². The fourth-order valence-electron chi connectivity index (χ4n) is 1.42. The second kappa shape index (κ2) is 5.20. The molecule has 76 valence electrons. The van der Waals surface area contributed by atoms with Crippen molar-refractivity contribution in [1.82, 2.24) is 0 Å². The van der Waals surface area contributed by atoms with Crippen molar-refractivity contribution in [2.24, 2.45) is 0 Å². The molecule has 0 aliphatic rings. The molecule has 0 amide bonds. The molecule has 0 heterocycles. The third-order valence-corrected chi connectivity index (χ3v) is 3.02. The lowest BCUT2D eigenvalue weighted by molar-refractivity contribution is -0.116. The quantitative estimate of drug-likeness (QED) is 0.707. The van der Waals surface area contributed by atoms with E-state index in [1.807, 2.05) is 0 Å². The van der Waals surface area contributed by atoms with Crippen LogP contribution in [0.1, 0.15) is 25.0 Å². The second-order valence-electron chi connectivity index (χ2n) is 3.38. The van der Waals surface area contributed by atoms with Crippen molar-refractivity contribution in [3.05, 3.63) is 29.3 Å². The van der Waals surface area contributed by atoms with Gasteiger partial charge in [-0.05, 0) is 36.8 Å². The molecule has 0 aliphatic heterocycles. The summed E-state index contributed by atoms with van der Waals surface area (Å²) in [5, 5.41) is 0. The van der Waals surface area contributed by atoms with E-state index in [0.717, 1.165) is 12.0 Å². The van der Waals surface area contributed by atoms with E-state index in [9.17, 15) is 4.79 Å². The van der Waals surface area contributed by atoms with Crippen LogP contribution in [0.3, 0.4) is 0 Å². The smallest absolute Gasteiger partial charge is 0.134 e. The van der Waals surface area contributed by atoms with Crippen LogP contribution < -0.4 is 0 Å². The first-order valence-corrected chi connectivity index (χ1v) is 6.05. The molecule has 0 aliphatic carbocycles. The van der Waals surface area contributed by atoms with Crippen molar-refractivity contribution < 1.29 is 4.79 Å². The van der Waals surface area contributed by atoms with Crippen LogP contribution in [0.15, 0.2) is 23.1 Å².